The molecule has 1 heterocycles. The molecule has 32 heavy (non-hydrogen) atoms. The first-order valence-corrected chi connectivity index (χ1v) is 11.0. The first-order valence-electron chi connectivity index (χ1n) is 9.33. The van der Waals surface area contributed by atoms with E-state index in [1.807, 2.05) is 0 Å². The van der Waals surface area contributed by atoms with E-state index in [0.29, 0.717) is 6.07 Å². The topological polar surface area (TPSA) is 46.6 Å². The first kappa shape index (κ1) is 24.1. The molecule has 12 heteroatoms. The number of alkyl halides is 6. The lowest BCUT2D eigenvalue weighted by Crippen LogP contribution is -2.27. The van der Waals surface area contributed by atoms with Crippen LogP contribution in [0.25, 0.3) is 0 Å². The molecule has 176 valence electrons. The molecular weight excluding hydrogens is 467 g/mol. The molecule has 1 aliphatic rings. The molecule has 0 fully saturated rings. The molecule has 0 spiro atoms. The summed E-state index contributed by atoms with van der Waals surface area (Å²) in [5.41, 5.74) is -1.46. The Morgan fingerprint density at radius 1 is 1.06 bits per heavy atom. The molecule has 0 radical (unpaired) electrons. The van der Waals surface area contributed by atoms with E-state index in [1.165, 1.54) is 17.0 Å². The van der Waals surface area contributed by atoms with Crippen LogP contribution in [-0.4, -0.2) is 34.0 Å². The Balaban J connectivity index is 2.21. The Hall–Kier alpha value is -2.50. The van der Waals surface area contributed by atoms with Crippen LogP contribution in [0.15, 0.2) is 41.3 Å². The van der Waals surface area contributed by atoms with E-state index in [-0.39, 0.29) is 17.9 Å². The third-order valence-corrected chi connectivity index (χ3v) is 6.99. The van der Waals surface area contributed by atoms with Crippen molar-refractivity contribution in [3.05, 3.63) is 47.8 Å². The van der Waals surface area contributed by atoms with E-state index in [1.54, 1.807) is 0 Å². The van der Waals surface area contributed by atoms with E-state index in [0.717, 1.165) is 25.3 Å². The second-order valence-electron chi connectivity index (χ2n) is 7.41. The molecular formula is C20H18F7NO3S. The van der Waals surface area contributed by atoms with Crippen LogP contribution in [0, 0.1) is 11.7 Å². The molecule has 0 N–H and O–H groups in total. The number of anilines is 2. The normalized spacial score (nSPS) is 18.8. The summed E-state index contributed by atoms with van der Waals surface area (Å²) in [5, 5.41) is 0. The molecule has 4 nitrogen and oxygen atoms in total. The van der Waals surface area contributed by atoms with Crippen molar-refractivity contribution in [1.82, 2.24) is 0 Å². The summed E-state index contributed by atoms with van der Waals surface area (Å²) in [6, 6.07) is 5.81. The molecule has 3 rings (SSSR count). The minimum absolute atomic E-state index is 0.139. The van der Waals surface area contributed by atoms with Gasteiger partial charge in [0.15, 0.2) is 9.84 Å². The number of rotatable bonds is 4. The van der Waals surface area contributed by atoms with Crippen LogP contribution in [0.1, 0.15) is 18.4 Å². The molecule has 1 unspecified atom stereocenters. The smallest absolute Gasteiger partial charge is 0.420 e. The fourth-order valence-corrected chi connectivity index (χ4v) is 5.46. The maximum absolute atomic E-state index is 13.6. The number of benzene rings is 2. The highest BCUT2D eigenvalue weighted by Gasteiger charge is 2.40. The van der Waals surface area contributed by atoms with E-state index in [2.05, 4.69) is 0 Å². The van der Waals surface area contributed by atoms with Crippen molar-refractivity contribution in [1.29, 1.82) is 0 Å². The molecule has 0 aliphatic carbocycles. The predicted octanol–water partition coefficient (Wildman–Crippen LogP) is 5.74. The number of hydrogen-bond donors (Lipinski definition) is 0. The van der Waals surface area contributed by atoms with Gasteiger partial charge in [-0.2, -0.15) is 26.3 Å². The largest absolute Gasteiger partial charge is 0.496 e. The van der Waals surface area contributed by atoms with Gasteiger partial charge in [0, 0.05) is 24.7 Å². The summed E-state index contributed by atoms with van der Waals surface area (Å²) >= 11 is 0. The summed E-state index contributed by atoms with van der Waals surface area (Å²) in [4.78, 5) is 0.677. The molecule has 0 aromatic heterocycles. The highest BCUT2D eigenvalue weighted by Crippen LogP contribution is 2.45. The van der Waals surface area contributed by atoms with Crippen LogP contribution in [-0.2, 0) is 16.0 Å². The number of nitrogens with zero attached hydrogens (tertiary/aromatic N) is 1. The van der Waals surface area contributed by atoms with Crippen LogP contribution in [0.3, 0.4) is 0 Å². The van der Waals surface area contributed by atoms with Crippen LogP contribution in [0.5, 0.6) is 5.75 Å². The van der Waals surface area contributed by atoms with Gasteiger partial charge in [0.05, 0.1) is 29.0 Å². The van der Waals surface area contributed by atoms with Crippen molar-refractivity contribution in [2.24, 2.45) is 5.92 Å². The molecule has 0 bridgehead atoms. The summed E-state index contributed by atoms with van der Waals surface area (Å²) in [6.07, 6.45) is -11.2. The van der Waals surface area contributed by atoms with Crippen molar-refractivity contribution in [2.75, 3.05) is 24.3 Å². The zero-order chi connectivity index (χ0) is 23.9. The van der Waals surface area contributed by atoms with Gasteiger partial charge in [-0.05, 0) is 42.7 Å². The number of ether oxygens (including phenoxy) is 1. The molecule has 1 aliphatic heterocycles. The van der Waals surface area contributed by atoms with Crippen LogP contribution < -0.4 is 9.64 Å². The lowest BCUT2D eigenvalue weighted by molar-refractivity contribution is -0.139. The van der Waals surface area contributed by atoms with Crippen molar-refractivity contribution >= 4 is 21.2 Å². The zero-order valence-electron chi connectivity index (χ0n) is 16.6. The average Bonchev–Trinajstić information content (AvgIpc) is 2.78. The molecule has 0 saturated heterocycles. The van der Waals surface area contributed by atoms with E-state index >= 15 is 0 Å². The van der Waals surface area contributed by atoms with Crippen molar-refractivity contribution in [3.8, 4) is 5.75 Å². The van der Waals surface area contributed by atoms with E-state index in [9.17, 15) is 39.2 Å². The Morgan fingerprint density at radius 3 is 2.22 bits per heavy atom. The van der Waals surface area contributed by atoms with E-state index in [4.69, 9.17) is 4.74 Å². The van der Waals surface area contributed by atoms with Gasteiger partial charge in [-0.1, -0.05) is 0 Å². The Morgan fingerprint density at radius 2 is 1.69 bits per heavy atom. The maximum Gasteiger partial charge on any atom is 0.420 e. The SMILES string of the molecule is COc1cc2c(cc1C(F)(F)F)N(c1ccc(F)cc1)CC(CCC(F)(F)F)CS2(=O)=O. The number of fused-ring (bicyclic) bond motifs is 1. The van der Waals surface area contributed by atoms with Gasteiger partial charge in [-0.25, -0.2) is 12.8 Å². The van der Waals surface area contributed by atoms with Gasteiger partial charge in [0.1, 0.15) is 11.6 Å². The summed E-state index contributed by atoms with van der Waals surface area (Å²) in [6.45, 7) is -0.308. The van der Waals surface area contributed by atoms with Crippen LogP contribution in [0.4, 0.5) is 42.1 Å². The number of methoxy groups -OCH3 is 1. The number of sulfone groups is 1. The zero-order valence-corrected chi connectivity index (χ0v) is 17.4. The standard InChI is InChI=1S/C20H18F7NO3S/c1-31-17-9-18-16(8-15(17)20(25,26)27)28(14-4-2-13(21)3-5-14)10-12(11-32(18,29)30)6-7-19(22,23)24/h2-5,8-9,12H,6-7,10-11H2,1H3. The van der Waals surface area contributed by atoms with Gasteiger partial charge >= 0.3 is 12.4 Å². The average molecular weight is 485 g/mol. The quantitative estimate of drug-likeness (QED) is 0.519. The predicted molar refractivity (Wildman–Crippen MR) is 102 cm³/mol. The third-order valence-electron chi connectivity index (χ3n) is 5.08. The van der Waals surface area contributed by atoms with Crippen molar-refractivity contribution < 1.29 is 43.9 Å². The van der Waals surface area contributed by atoms with E-state index < -0.39 is 68.7 Å². The second-order valence-corrected chi connectivity index (χ2v) is 9.41. The molecule has 1 atom stereocenters. The highest BCUT2D eigenvalue weighted by atomic mass is 32.2. The minimum atomic E-state index is -4.89. The number of hydrogen-bond acceptors (Lipinski definition) is 4. The summed E-state index contributed by atoms with van der Waals surface area (Å²) in [7, 11) is -3.32. The molecule has 0 amide bonds. The lowest BCUT2D eigenvalue weighted by atomic mass is 10.0. The van der Waals surface area contributed by atoms with Crippen LogP contribution in [0.2, 0.25) is 0 Å². The molecule has 2 aromatic rings. The Labute approximate surface area is 179 Å². The monoisotopic (exact) mass is 485 g/mol. The highest BCUT2D eigenvalue weighted by molar-refractivity contribution is 7.91. The minimum Gasteiger partial charge on any atom is -0.496 e. The van der Waals surface area contributed by atoms with Crippen LogP contribution >= 0.6 is 0 Å². The summed E-state index contributed by atoms with van der Waals surface area (Å²) in [5.74, 6) is -3.11. The fraction of sp³-hybridized carbons (Fsp3) is 0.400. The Kier molecular flexibility index (Phi) is 6.38. The van der Waals surface area contributed by atoms with Crippen molar-refractivity contribution in [3.63, 3.8) is 0 Å². The van der Waals surface area contributed by atoms with Gasteiger partial charge in [0.2, 0.25) is 0 Å². The molecule has 0 saturated carbocycles. The first-order chi connectivity index (χ1) is 14.7. The fourth-order valence-electron chi connectivity index (χ4n) is 3.62. The van der Waals surface area contributed by atoms with Gasteiger partial charge < -0.3 is 9.64 Å². The van der Waals surface area contributed by atoms with Gasteiger partial charge in [0.25, 0.3) is 0 Å². The molecule has 2 aromatic carbocycles. The number of halogens is 7. The third kappa shape index (κ3) is 5.28. The maximum atomic E-state index is 13.6. The lowest BCUT2D eigenvalue weighted by Gasteiger charge is -2.28. The van der Waals surface area contributed by atoms with Gasteiger partial charge in [-0.3, -0.25) is 0 Å². The summed E-state index contributed by atoms with van der Waals surface area (Å²) < 4.78 is 123. The van der Waals surface area contributed by atoms with Crippen molar-refractivity contribution in [2.45, 2.75) is 30.1 Å². The van der Waals surface area contributed by atoms with Gasteiger partial charge in [-0.15, -0.1) is 0 Å². The Bertz CT molecular complexity index is 1080. The second kappa shape index (κ2) is 8.45.